The van der Waals surface area contributed by atoms with Crippen molar-refractivity contribution >= 4 is 23.6 Å². The van der Waals surface area contributed by atoms with E-state index >= 15 is 0 Å². The molecule has 0 atom stereocenters. The molecule has 0 aromatic rings. The second-order valence-electron chi connectivity index (χ2n) is 5.77. The highest BCUT2D eigenvalue weighted by molar-refractivity contribution is 6.29. The maximum absolute atomic E-state index is 12.8. The zero-order chi connectivity index (χ0) is 20.0. The molecule has 2 heterocycles. The van der Waals surface area contributed by atoms with Gasteiger partial charge in [-0.1, -0.05) is 0 Å². The summed E-state index contributed by atoms with van der Waals surface area (Å²) in [4.78, 5) is 52.2. The van der Waals surface area contributed by atoms with Crippen LogP contribution in [-0.4, -0.2) is 94.2 Å². The maximum Gasteiger partial charge on any atom is 0.277 e. The van der Waals surface area contributed by atoms with E-state index in [0.29, 0.717) is 6.61 Å². The minimum Gasteiger partial charge on any atom is -0.383 e. The number of nitrogens with one attached hydrogen (secondary N) is 1. The first-order chi connectivity index (χ1) is 13.0. The Balaban J connectivity index is 2.34. The lowest BCUT2D eigenvalue weighted by molar-refractivity contribution is -0.140. The van der Waals surface area contributed by atoms with Gasteiger partial charge in [-0.05, 0) is 0 Å². The van der Waals surface area contributed by atoms with Gasteiger partial charge in [0.25, 0.3) is 23.6 Å². The Hall–Kier alpha value is -2.56. The number of carbonyl (C=O) groups is 4. The molecule has 148 valence electrons. The van der Waals surface area contributed by atoms with E-state index in [0.717, 1.165) is 15.9 Å². The van der Waals surface area contributed by atoms with Crippen molar-refractivity contribution in [2.24, 2.45) is 0 Å². The van der Waals surface area contributed by atoms with Crippen LogP contribution < -0.4 is 5.32 Å². The van der Waals surface area contributed by atoms with Gasteiger partial charge in [-0.2, -0.15) is 0 Å². The van der Waals surface area contributed by atoms with Crippen LogP contribution in [0.25, 0.3) is 0 Å². The average Bonchev–Trinajstić information content (AvgIpc) is 3.05. The fraction of sp³-hybridized carbons (Fsp3) is 0.529. The Bertz CT molecular complexity index is 699. The Morgan fingerprint density at radius 3 is 2.00 bits per heavy atom. The van der Waals surface area contributed by atoms with Gasteiger partial charge < -0.3 is 19.5 Å². The molecule has 1 N–H and O–H groups in total. The van der Waals surface area contributed by atoms with E-state index in [4.69, 9.17) is 14.2 Å². The van der Waals surface area contributed by atoms with Crippen LogP contribution in [0.3, 0.4) is 0 Å². The summed E-state index contributed by atoms with van der Waals surface area (Å²) in [5, 5.41) is 2.84. The van der Waals surface area contributed by atoms with Gasteiger partial charge in [-0.15, -0.1) is 0 Å². The van der Waals surface area contributed by atoms with Crippen molar-refractivity contribution in [3.63, 3.8) is 0 Å². The van der Waals surface area contributed by atoms with Gasteiger partial charge in [-0.3, -0.25) is 29.0 Å². The third kappa shape index (κ3) is 4.24. The van der Waals surface area contributed by atoms with Crippen LogP contribution in [-0.2, 0) is 33.4 Å². The van der Waals surface area contributed by atoms with Crippen molar-refractivity contribution in [1.82, 2.24) is 15.1 Å². The molecule has 0 aromatic heterocycles. The predicted octanol–water partition coefficient (Wildman–Crippen LogP) is -1.57. The highest BCUT2D eigenvalue weighted by atomic mass is 16.5. The predicted molar refractivity (Wildman–Crippen MR) is 92.2 cm³/mol. The van der Waals surface area contributed by atoms with Gasteiger partial charge in [0, 0.05) is 34.0 Å². The number of carbonyl (C=O) groups excluding carboxylic acids is 4. The molecule has 4 amide bonds. The van der Waals surface area contributed by atoms with E-state index in [1.807, 2.05) is 0 Å². The second-order valence-corrected chi connectivity index (χ2v) is 5.77. The number of methoxy groups -OCH3 is 3. The quantitative estimate of drug-likeness (QED) is 0.337. The largest absolute Gasteiger partial charge is 0.383 e. The number of hydrogen-bond acceptors (Lipinski definition) is 8. The number of nitrogens with zero attached hydrogens (tertiary/aromatic N) is 2. The van der Waals surface area contributed by atoms with Crippen molar-refractivity contribution in [2.45, 2.75) is 0 Å². The van der Waals surface area contributed by atoms with Gasteiger partial charge >= 0.3 is 0 Å². The molecule has 2 rings (SSSR count). The van der Waals surface area contributed by atoms with E-state index in [9.17, 15) is 19.2 Å². The smallest absolute Gasteiger partial charge is 0.277 e. The van der Waals surface area contributed by atoms with Crippen LogP contribution in [0.4, 0.5) is 0 Å². The van der Waals surface area contributed by atoms with Crippen LogP contribution >= 0.6 is 0 Å². The third-order valence-corrected chi connectivity index (χ3v) is 4.09. The minimum absolute atomic E-state index is 0.0193. The third-order valence-electron chi connectivity index (χ3n) is 4.09. The molecule has 0 fully saturated rings. The topological polar surface area (TPSA) is 114 Å². The fourth-order valence-corrected chi connectivity index (χ4v) is 2.74. The summed E-state index contributed by atoms with van der Waals surface area (Å²) in [6.45, 7) is 0.974. The first-order valence-electron chi connectivity index (χ1n) is 8.37. The molecule has 2 aliphatic heterocycles. The normalized spacial score (nSPS) is 17.5. The van der Waals surface area contributed by atoms with Crippen molar-refractivity contribution in [2.75, 3.05) is 60.8 Å². The summed E-state index contributed by atoms with van der Waals surface area (Å²) in [6.07, 6.45) is 1.08. The molecule has 0 saturated carbocycles. The molecule has 10 heteroatoms. The molecule has 0 spiro atoms. The summed E-state index contributed by atoms with van der Waals surface area (Å²) in [5.41, 5.74) is -0.228. The zero-order valence-electron chi connectivity index (χ0n) is 15.6. The number of amides is 4. The standard InChI is InChI=1S/C17H23N3O7/c1-25-7-4-18-14-13(16(23)20(17(14)24)6-9-27-3)11-10-12(21)19(15(11)22)5-8-26-2/h10,18H,4-9H2,1-3H3. The Kier molecular flexibility index (Phi) is 7.22. The lowest BCUT2D eigenvalue weighted by atomic mass is 10.1. The van der Waals surface area contributed by atoms with Gasteiger partial charge in [0.15, 0.2) is 0 Å². The monoisotopic (exact) mass is 381 g/mol. The molecule has 0 radical (unpaired) electrons. The Morgan fingerprint density at radius 1 is 0.815 bits per heavy atom. The highest BCUT2D eigenvalue weighted by Gasteiger charge is 2.44. The molecule has 0 aliphatic carbocycles. The number of ether oxygens (including phenoxy) is 3. The minimum atomic E-state index is -0.641. The molecule has 0 saturated heterocycles. The Labute approximate surface area is 156 Å². The van der Waals surface area contributed by atoms with Crippen LogP contribution in [0.15, 0.2) is 22.9 Å². The van der Waals surface area contributed by atoms with E-state index in [1.165, 1.54) is 21.3 Å². The van der Waals surface area contributed by atoms with E-state index in [1.54, 1.807) is 0 Å². The van der Waals surface area contributed by atoms with Crippen LogP contribution in [0.2, 0.25) is 0 Å². The Morgan fingerprint density at radius 2 is 1.41 bits per heavy atom. The summed E-state index contributed by atoms with van der Waals surface area (Å²) in [6, 6.07) is 0. The molecular formula is C17H23N3O7. The molecule has 27 heavy (non-hydrogen) atoms. The fourth-order valence-electron chi connectivity index (χ4n) is 2.74. The molecule has 10 nitrogen and oxygen atoms in total. The number of rotatable bonds is 11. The first kappa shape index (κ1) is 20.7. The average molecular weight is 381 g/mol. The summed E-state index contributed by atoms with van der Waals surface area (Å²) in [5.74, 6) is -2.39. The van der Waals surface area contributed by atoms with E-state index < -0.39 is 23.6 Å². The number of imide groups is 2. The van der Waals surface area contributed by atoms with Gasteiger partial charge in [0.1, 0.15) is 5.70 Å². The summed E-state index contributed by atoms with van der Waals surface area (Å²) >= 11 is 0. The van der Waals surface area contributed by atoms with Crippen molar-refractivity contribution in [3.05, 3.63) is 22.9 Å². The molecule has 0 bridgehead atoms. The molecule has 0 aromatic carbocycles. The van der Waals surface area contributed by atoms with Crippen LogP contribution in [0, 0.1) is 0 Å². The van der Waals surface area contributed by atoms with Gasteiger partial charge in [0.2, 0.25) is 0 Å². The summed E-state index contributed by atoms with van der Waals surface area (Å²) < 4.78 is 14.8. The van der Waals surface area contributed by atoms with Crippen LogP contribution in [0.1, 0.15) is 0 Å². The van der Waals surface area contributed by atoms with Gasteiger partial charge in [-0.25, -0.2) is 0 Å². The second kappa shape index (κ2) is 9.40. The van der Waals surface area contributed by atoms with E-state index in [-0.39, 0.29) is 49.7 Å². The first-order valence-corrected chi connectivity index (χ1v) is 8.37. The maximum atomic E-state index is 12.8. The SMILES string of the molecule is COCCNC1=C(C2=CC(=O)N(CCOC)C2=O)C(=O)N(CCOC)C1=O. The zero-order valence-corrected chi connectivity index (χ0v) is 15.6. The molecule has 0 unspecified atom stereocenters. The van der Waals surface area contributed by atoms with Crippen molar-refractivity contribution in [1.29, 1.82) is 0 Å². The summed E-state index contributed by atoms with van der Waals surface area (Å²) in [7, 11) is 4.40. The highest BCUT2D eigenvalue weighted by Crippen LogP contribution is 2.29. The van der Waals surface area contributed by atoms with Gasteiger partial charge in [0.05, 0.1) is 44.1 Å². The molecular weight excluding hydrogens is 358 g/mol. The lowest BCUT2D eigenvalue weighted by Crippen LogP contribution is -2.37. The lowest BCUT2D eigenvalue weighted by Gasteiger charge is -2.15. The van der Waals surface area contributed by atoms with E-state index in [2.05, 4.69) is 5.32 Å². The molecule has 2 aliphatic rings. The van der Waals surface area contributed by atoms with Crippen LogP contribution in [0.5, 0.6) is 0 Å². The number of hydrogen-bond donors (Lipinski definition) is 1. The van der Waals surface area contributed by atoms with Crippen molar-refractivity contribution in [3.8, 4) is 0 Å². The van der Waals surface area contributed by atoms with Crippen molar-refractivity contribution < 1.29 is 33.4 Å².